The van der Waals surface area contributed by atoms with Gasteiger partial charge in [-0.3, -0.25) is 4.98 Å². The fourth-order valence-electron chi connectivity index (χ4n) is 4.06. The standard InChI is InChI=1S/C21H22N6/c1-12-9-15(27-14(3)23-13(2)25-27)10-19(22-12)16-11-17(16)21-24-18-7-5-6-8-20(18)26(21)4/h5-10,16-17H,11H2,1-4H3/t16?,17-/m0/s1. The van der Waals surface area contributed by atoms with E-state index in [1.807, 2.05) is 31.5 Å². The first-order chi connectivity index (χ1) is 13.0. The predicted molar refractivity (Wildman–Crippen MR) is 104 cm³/mol. The monoisotopic (exact) mass is 358 g/mol. The molecule has 4 aromatic rings. The van der Waals surface area contributed by atoms with Crippen molar-refractivity contribution in [2.45, 2.75) is 39.0 Å². The maximum absolute atomic E-state index is 4.88. The third-order valence-corrected chi connectivity index (χ3v) is 5.40. The summed E-state index contributed by atoms with van der Waals surface area (Å²) in [6.07, 6.45) is 1.09. The molecule has 0 aliphatic heterocycles. The summed E-state index contributed by atoms with van der Waals surface area (Å²) >= 11 is 0. The molecular weight excluding hydrogens is 336 g/mol. The third kappa shape index (κ3) is 2.63. The first-order valence-electron chi connectivity index (χ1n) is 9.32. The van der Waals surface area contributed by atoms with Gasteiger partial charge in [-0.15, -0.1) is 0 Å². The molecule has 2 atom stereocenters. The lowest BCUT2D eigenvalue weighted by atomic mass is 10.1. The molecule has 27 heavy (non-hydrogen) atoms. The Labute approximate surface area is 157 Å². The lowest BCUT2D eigenvalue weighted by Crippen LogP contribution is -2.03. The SMILES string of the molecule is Cc1cc(-n2nc(C)nc2C)cc(C2C[C@@H]2c2nc3ccccc3n2C)n1. The Hall–Kier alpha value is -3.02. The van der Waals surface area contributed by atoms with E-state index in [1.54, 1.807) is 0 Å². The quantitative estimate of drug-likeness (QED) is 0.560. The van der Waals surface area contributed by atoms with Gasteiger partial charge >= 0.3 is 0 Å². The molecule has 1 aromatic carbocycles. The smallest absolute Gasteiger partial charge is 0.148 e. The van der Waals surface area contributed by atoms with Gasteiger partial charge < -0.3 is 4.57 Å². The van der Waals surface area contributed by atoms with Crippen molar-refractivity contribution in [2.24, 2.45) is 7.05 Å². The van der Waals surface area contributed by atoms with Gasteiger partial charge in [-0.25, -0.2) is 14.6 Å². The van der Waals surface area contributed by atoms with Gasteiger partial charge in [0.1, 0.15) is 17.5 Å². The molecule has 5 rings (SSSR count). The van der Waals surface area contributed by atoms with Crippen molar-refractivity contribution < 1.29 is 0 Å². The Morgan fingerprint density at radius 2 is 1.78 bits per heavy atom. The van der Waals surface area contributed by atoms with Gasteiger partial charge in [0.25, 0.3) is 0 Å². The van der Waals surface area contributed by atoms with E-state index in [-0.39, 0.29) is 0 Å². The third-order valence-electron chi connectivity index (χ3n) is 5.40. The van der Waals surface area contributed by atoms with Crippen LogP contribution in [-0.2, 0) is 7.05 Å². The van der Waals surface area contributed by atoms with Crippen LogP contribution >= 0.6 is 0 Å². The van der Waals surface area contributed by atoms with E-state index in [9.17, 15) is 0 Å². The lowest BCUT2D eigenvalue weighted by Gasteiger charge is -2.08. The molecule has 0 bridgehead atoms. The van der Waals surface area contributed by atoms with Crippen molar-refractivity contribution in [3.8, 4) is 5.69 Å². The Morgan fingerprint density at radius 1 is 0.963 bits per heavy atom. The summed E-state index contributed by atoms with van der Waals surface area (Å²) in [5, 5.41) is 4.52. The van der Waals surface area contributed by atoms with E-state index in [1.165, 1.54) is 5.52 Å². The molecule has 1 saturated carbocycles. The summed E-state index contributed by atoms with van der Waals surface area (Å²) in [6, 6.07) is 12.5. The van der Waals surface area contributed by atoms with Crippen molar-refractivity contribution in [1.29, 1.82) is 0 Å². The first-order valence-corrected chi connectivity index (χ1v) is 9.32. The van der Waals surface area contributed by atoms with Crippen LogP contribution in [0.15, 0.2) is 36.4 Å². The molecule has 0 N–H and O–H groups in total. The molecule has 1 unspecified atom stereocenters. The minimum Gasteiger partial charge on any atom is -0.331 e. The lowest BCUT2D eigenvalue weighted by molar-refractivity contribution is 0.791. The van der Waals surface area contributed by atoms with Crippen molar-refractivity contribution in [1.82, 2.24) is 29.3 Å². The maximum atomic E-state index is 4.88. The molecule has 0 amide bonds. The van der Waals surface area contributed by atoms with Crippen LogP contribution in [0.3, 0.4) is 0 Å². The Balaban J connectivity index is 1.51. The zero-order valence-electron chi connectivity index (χ0n) is 16.0. The molecule has 3 aromatic heterocycles. The Bertz CT molecular complexity index is 1170. The van der Waals surface area contributed by atoms with Crippen molar-refractivity contribution in [2.75, 3.05) is 0 Å². The highest BCUT2D eigenvalue weighted by Crippen LogP contribution is 2.54. The first kappa shape index (κ1) is 16.2. The van der Waals surface area contributed by atoms with Gasteiger partial charge in [0.2, 0.25) is 0 Å². The second-order valence-corrected chi connectivity index (χ2v) is 7.48. The van der Waals surface area contributed by atoms with Crippen LogP contribution in [0.1, 0.15) is 47.1 Å². The van der Waals surface area contributed by atoms with Crippen LogP contribution in [0.5, 0.6) is 0 Å². The number of nitrogens with zero attached hydrogens (tertiary/aromatic N) is 6. The maximum Gasteiger partial charge on any atom is 0.148 e. The summed E-state index contributed by atoms with van der Waals surface area (Å²) in [5.74, 6) is 3.66. The van der Waals surface area contributed by atoms with E-state index in [0.29, 0.717) is 11.8 Å². The zero-order valence-corrected chi connectivity index (χ0v) is 16.0. The summed E-state index contributed by atoms with van der Waals surface area (Å²) < 4.78 is 4.13. The minimum atomic E-state index is 0.407. The molecule has 1 aliphatic carbocycles. The van der Waals surface area contributed by atoms with E-state index in [4.69, 9.17) is 9.97 Å². The van der Waals surface area contributed by atoms with Crippen LogP contribution in [0.25, 0.3) is 16.7 Å². The number of pyridine rings is 1. The number of aromatic nitrogens is 6. The highest BCUT2D eigenvalue weighted by Gasteiger charge is 2.43. The zero-order chi connectivity index (χ0) is 18.7. The van der Waals surface area contributed by atoms with Crippen LogP contribution in [0, 0.1) is 20.8 Å². The number of imidazole rings is 1. The predicted octanol–water partition coefficient (Wildman–Crippen LogP) is 3.75. The molecule has 0 spiro atoms. The topological polar surface area (TPSA) is 61.4 Å². The number of aryl methyl sites for hydroxylation is 4. The largest absolute Gasteiger partial charge is 0.331 e. The molecule has 1 aliphatic rings. The van der Waals surface area contributed by atoms with Gasteiger partial charge in [-0.1, -0.05) is 12.1 Å². The molecule has 136 valence electrons. The highest BCUT2D eigenvalue weighted by molar-refractivity contribution is 5.76. The van der Waals surface area contributed by atoms with Gasteiger partial charge in [0.15, 0.2) is 0 Å². The molecule has 0 saturated heterocycles. The molecule has 3 heterocycles. The van der Waals surface area contributed by atoms with Gasteiger partial charge in [-0.2, -0.15) is 5.10 Å². The summed E-state index contributed by atoms with van der Waals surface area (Å²) in [7, 11) is 2.11. The van der Waals surface area contributed by atoms with Crippen LogP contribution in [-0.4, -0.2) is 29.3 Å². The van der Waals surface area contributed by atoms with Crippen LogP contribution in [0.4, 0.5) is 0 Å². The van der Waals surface area contributed by atoms with Crippen LogP contribution in [0.2, 0.25) is 0 Å². The molecule has 6 nitrogen and oxygen atoms in total. The highest BCUT2D eigenvalue weighted by atomic mass is 15.3. The Morgan fingerprint density at radius 3 is 2.52 bits per heavy atom. The number of para-hydroxylation sites is 2. The Kier molecular flexibility index (Phi) is 3.44. The van der Waals surface area contributed by atoms with Crippen molar-refractivity contribution >= 4 is 11.0 Å². The molecule has 6 heteroatoms. The van der Waals surface area contributed by atoms with E-state index >= 15 is 0 Å². The second-order valence-electron chi connectivity index (χ2n) is 7.48. The average molecular weight is 358 g/mol. The number of rotatable bonds is 3. The van der Waals surface area contributed by atoms with Crippen LogP contribution < -0.4 is 0 Å². The van der Waals surface area contributed by atoms with E-state index in [2.05, 4.69) is 52.0 Å². The molecule has 1 fully saturated rings. The second kappa shape index (κ2) is 5.74. The van der Waals surface area contributed by atoms with Gasteiger partial charge in [0, 0.05) is 30.3 Å². The number of benzene rings is 1. The minimum absolute atomic E-state index is 0.407. The average Bonchev–Trinajstić information content (AvgIpc) is 3.27. The summed E-state index contributed by atoms with van der Waals surface area (Å²) in [4.78, 5) is 14.1. The number of fused-ring (bicyclic) bond motifs is 1. The van der Waals surface area contributed by atoms with E-state index < -0.39 is 0 Å². The fourth-order valence-corrected chi connectivity index (χ4v) is 4.06. The number of hydrogen-bond acceptors (Lipinski definition) is 4. The van der Waals surface area contributed by atoms with Gasteiger partial charge in [0.05, 0.1) is 16.7 Å². The molecule has 0 radical (unpaired) electrons. The van der Waals surface area contributed by atoms with E-state index in [0.717, 1.165) is 46.5 Å². The van der Waals surface area contributed by atoms with Crippen molar-refractivity contribution in [3.05, 3.63) is 65.3 Å². The van der Waals surface area contributed by atoms with Gasteiger partial charge in [-0.05, 0) is 51.5 Å². The summed E-state index contributed by atoms with van der Waals surface area (Å²) in [6.45, 7) is 5.94. The number of hydrogen-bond donors (Lipinski definition) is 0. The molecular formula is C21H22N6. The fraction of sp³-hybridized carbons (Fsp3) is 0.333. The van der Waals surface area contributed by atoms with Crippen molar-refractivity contribution in [3.63, 3.8) is 0 Å². The summed E-state index contributed by atoms with van der Waals surface area (Å²) in [5.41, 5.74) is 5.41. The normalized spacial score (nSPS) is 19.0.